The van der Waals surface area contributed by atoms with Gasteiger partial charge >= 0.3 is 0 Å². The first-order valence-corrected chi connectivity index (χ1v) is 24.2. The predicted octanol–water partition coefficient (Wildman–Crippen LogP) is 18.4. The number of hydrogen-bond donors (Lipinski definition) is 2. The van der Waals surface area contributed by atoms with Gasteiger partial charge < -0.3 is 9.97 Å². The molecule has 2 aliphatic heterocycles. The molecule has 20 heteroatoms. The van der Waals surface area contributed by atoms with Crippen LogP contribution in [0.3, 0.4) is 0 Å². The van der Waals surface area contributed by atoms with E-state index in [0.717, 1.165) is 72.8 Å². The molecule has 5 heterocycles. The number of fused-ring (bicyclic) bond motifs is 8. The number of H-pyrrole nitrogens is 2. The van der Waals surface area contributed by atoms with E-state index in [0.29, 0.717) is 0 Å². The summed E-state index contributed by atoms with van der Waals surface area (Å²) in [4.78, 5) is 15.9. The lowest BCUT2D eigenvalue weighted by molar-refractivity contribution is 0.589. The van der Waals surface area contributed by atoms with E-state index in [2.05, 4.69) is 137 Å². The maximum Gasteiger partial charge on any atom is 0.134 e. The second-order valence-electron chi connectivity index (χ2n) is 13.8. The van der Waals surface area contributed by atoms with Gasteiger partial charge in [0.2, 0.25) is 0 Å². The largest absolute Gasteiger partial charge is 0.352 e. The van der Waals surface area contributed by atoms with Crippen LogP contribution >= 0.6 is 127 Å². The summed E-state index contributed by atoms with van der Waals surface area (Å²) in [7, 11) is 0. The fourth-order valence-corrected chi connectivity index (χ4v) is 11.4. The van der Waals surface area contributed by atoms with Crippen LogP contribution in [0.15, 0.2) is 90.7 Å². The molecule has 322 valence electrons. The molecule has 0 unspecified atom stereocenters. The molecule has 0 saturated heterocycles. The Morgan fingerprint density at radius 3 is 0.625 bits per heavy atom. The standard InChI is InChI=1S/C44H14Br8F8N4/c45-29-31(47)39-26(22-15(55)7-2-8-16(22)56)41-33(49)35(51)43(63-41)28(24-19(59)11-4-12-20(24)60)44-36(52)34(50)42(64-44)27(23-17(57)9-3-10-18(23)58)40-32(48)30(46)38(62-40)25(37(29)61-39)21-13(53)5-1-6-14(21)54/h1-12,61,64H. The Morgan fingerprint density at radius 1 is 0.281 bits per heavy atom. The molecule has 0 saturated carbocycles. The smallest absolute Gasteiger partial charge is 0.134 e. The molecule has 4 aromatic carbocycles. The number of rotatable bonds is 4. The van der Waals surface area contributed by atoms with Crippen LogP contribution < -0.4 is 0 Å². The number of benzene rings is 4. The summed E-state index contributed by atoms with van der Waals surface area (Å²) in [5, 5.41) is 0. The minimum atomic E-state index is -1.05. The van der Waals surface area contributed by atoms with Gasteiger partial charge in [-0.1, -0.05) is 24.3 Å². The molecular formula is C44H14Br8F8N4. The highest BCUT2D eigenvalue weighted by Gasteiger charge is 2.34. The molecule has 0 spiro atoms. The molecule has 2 N–H and O–H groups in total. The van der Waals surface area contributed by atoms with Gasteiger partial charge in [0, 0.05) is 22.3 Å². The SMILES string of the molecule is Fc1cccc(F)c1-c1c2nc(c(-c3c(F)cccc3F)c3[nH]c(c(Br)c3Br)c(-c3c(F)cccc3F)c3nc(c(-c4c(F)cccc4F)c4[nH]c1c(Br)c4Br)C(Br)=C3Br)C(Br)=C2Br. The van der Waals surface area contributed by atoms with Crippen molar-refractivity contribution in [3.8, 4) is 44.5 Å². The Labute approximate surface area is 422 Å². The van der Waals surface area contributed by atoms with Crippen molar-refractivity contribution in [3.63, 3.8) is 0 Å². The van der Waals surface area contributed by atoms with Gasteiger partial charge in [-0.05, 0) is 176 Å². The van der Waals surface area contributed by atoms with E-state index in [1.54, 1.807) is 0 Å². The predicted molar refractivity (Wildman–Crippen MR) is 263 cm³/mol. The van der Waals surface area contributed by atoms with E-state index in [-0.39, 0.29) is 103 Å². The topological polar surface area (TPSA) is 57.4 Å². The van der Waals surface area contributed by atoms with Gasteiger partial charge in [-0.15, -0.1) is 0 Å². The van der Waals surface area contributed by atoms with Crippen molar-refractivity contribution in [2.45, 2.75) is 0 Å². The van der Waals surface area contributed by atoms with E-state index < -0.39 is 68.8 Å². The van der Waals surface area contributed by atoms with Gasteiger partial charge in [0.25, 0.3) is 0 Å². The zero-order valence-electron chi connectivity index (χ0n) is 30.9. The average Bonchev–Trinajstić information content (AvgIpc) is 3.91. The molecule has 7 aromatic rings. The molecule has 0 amide bonds. The minimum Gasteiger partial charge on any atom is -0.352 e. The summed E-state index contributed by atoms with van der Waals surface area (Å²) >= 11 is 28.2. The lowest BCUT2D eigenvalue weighted by Gasteiger charge is -2.10. The second kappa shape index (κ2) is 17.4. The number of nitrogens with one attached hydrogen (secondary N) is 2. The second-order valence-corrected chi connectivity index (χ2v) is 20.1. The van der Waals surface area contributed by atoms with Crippen molar-refractivity contribution in [1.82, 2.24) is 19.9 Å². The molecule has 8 bridgehead atoms. The van der Waals surface area contributed by atoms with E-state index in [1.165, 1.54) is 0 Å². The molecule has 0 radical (unpaired) electrons. The Morgan fingerprint density at radius 2 is 0.453 bits per heavy atom. The van der Waals surface area contributed by atoms with Crippen LogP contribution in [0, 0.1) is 46.5 Å². The maximum atomic E-state index is 16.3. The third kappa shape index (κ3) is 7.22. The van der Waals surface area contributed by atoms with Gasteiger partial charge in [0.05, 0.1) is 103 Å². The number of aromatic amines is 2. The van der Waals surface area contributed by atoms with Crippen molar-refractivity contribution in [1.29, 1.82) is 0 Å². The molecule has 0 aliphatic carbocycles. The highest BCUT2D eigenvalue weighted by molar-refractivity contribution is 9.18. The molecule has 3 aromatic heterocycles. The lowest BCUT2D eigenvalue weighted by Crippen LogP contribution is -1.97. The summed E-state index contributed by atoms with van der Waals surface area (Å²) in [6.07, 6.45) is 0. The van der Waals surface area contributed by atoms with Gasteiger partial charge in [-0.2, -0.15) is 0 Å². The molecule has 64 heavy (non-hydrogen) atoms. The Kier molecular flexibility index (Phi) is 12.5. The summed E-state index contributed by atoms with van der Waals surface area (Å²) in [6, 6.07) is 12.7. The van der Waals surface area contributed by atoms with E-state index in [9.17, 15) is 0 Å². The zero-order chi connectivity index (χ0) is 45.8. The van der Waals surface area contributed by atoms with Crippen molar-refractivity contribution >= 4 is 167 Å². The van der Waals surface area contributed by atoms with Gasteiger partial charge in [0.1, 0.15) is 46.5 Å². The average molecular weight is 1390 g/mol. The van der Waals surface area contributed by atoms with Crippen molar-refractivity contribution < 1.29 is 35.1 Å². The van der Waals surface area contributed by atoms with E-state index in [1.807, 2.05) is 0 Å². The number of hydrogen-bond acceptors (Lipinski definition) is 2. The highest BCUT2D eigenvalue weighted by Crippen LogP contribution is 2.54. The van der Waals surface area contributed by atoms with Crippen molar-refractivity contribution in [3.05, 3.63) is 160 Å². The quantitative estimate of drug-likeness (QED) is 0.173. The van der Waals surface area contributed by atoms with Gasteiger partial charge in [0.15, 0.2) is 0 Å². The van der Waals surface area contributed by atoms with Gasteiger partial charge in [-0.3, -0.25) is 0 Å². The number of halogens is 16. The van der Waals surface area contributed by atoms with Crippen LogP contribution in [0.25, 0.3) is 84.5 Å². The minimum absolute atomic E-state index is 0.0403. The van der Waals surface area contributed by atoms with Gasteiger partial charge in [-0.25, -0.2) is 45.1 Å². The first kappa shape index (κ1) is 45.9. The lowest BCUT2D eigenvalue weighted by atomic mass is 10.0. The van der Waals surface area contributed by atoms with Crippen LogP contribution in [0.2, 0.25) is 0 Å². The van der Waals surface area contributed by atoms with Crippen molar-refractivity contribution in [2.75, 3.05) is 0 Å². The highest BCUT2D eigenvalue weighted by atomic mass is 79.9. The summed E-state index contributed by atoms with van der Waals surface area (Å²) in [5.41, 5.74) is -4.69. The third-order valence-electron chi connectivity index (χ3n) is 10.2. The maximum absolute atomic E-state index is 16.3. The summed E-state index contributed by atoms with van der Waals surface area (Å²) in [6.45, 7) is 0. The fourth-order valence-electron chi connectivity index (χ4n) is 7.49. The van der Waals surface area contributed by atoms with E-state index >= 15 is 35.1 Å². The van der Waals surface area contributed by atoms with Crippen LogP contribution in [-0.4, -0.2) is 19.9 Å². The number of aromatic nitrogens is 4. The summed E-state index contributed by atoms with van der Waals surface area (Å²) in [5.74, 6) is -8.42. The Balaban J connectivity index is 1.70. The first-order valence-electron chi connectivity index (χ1n) is 17.9. The molecule has 9 rings (SSSR count). The Bertz CT molecular complexity index is 2970. The normalized spacial score (nSPS) is 12.9. The van der Waals surface area contributed by atoms with E-state index in [4.69, 9.17) is 9.97 Å². The third-order valence-corrected chi connectivity index (χ3v) is 18.6. The molecular weight excluding hydrogens is 1380 g/mol. The molecule has 0 fully saturated rings. The van der Waals surface area contributed by atoms with Crippen LogP contribution in [-0.2, 0) is 0 Å². The number of nitrogens with zero attached hydrogens (tertiary/aromatic N) is 2. The molecule has 0 atom stereocenters. The summed E-state index contributed by atoms with van der Waals surface area (Å²) < 4.78 is 131. The first-order chi connectivity index (χ1) is 30.4. The zero-order valence-corrected chi connectivity index (χ0v) is 43.6. The van der Waals surface area contributed by atoms with Crippen LogP contribution in [0.4, 0.5) is 35.1 Å². The van der Waals surface area contributed by atoms with Crippen molar-refractivity contribution in [2.24, 2.45) is 0 Å². The van der Waals surface area contributed by atoms with Crippen LogP contribution in [0.5, 0.6) is 0 Å². The van der Waals surface area contributed by atoms with Crippen LogP contribution in [0.1, 0.15) is 22.8 Å². The fraction of sp³-hybridized carbons (Fsp3) is 0. The Hall–Kier alpha value is -3.24. The molecule has 4 nitrogen and oxygen atoms in total. The monoisotopic (exact) mass is 1380 g/mol. The molecule has 2 aliphatic rings.